The molecule has 1 saturated carbocycles. The first-order chi connectivity index (χ1) is 13.7. The predicted molar refractivity (Wildman–Crippen MR) is 114 cm³/mol. The number of fused-ring (bicyclic) bond motifs is 1. The third-order valence-electron chi connectivity index (χ3n) is 6.60. The zero-order chi connectivity index (χ0) is 19.1. The Morgan fingerprint density at radius 3 is 2.68 bits per heavy atom. The van der Waals surface area contributed by atoms with Gasteiger partial charge in [-0.3, -0.25) is 5.10 Å². The van der Waals surface area contributed by atoms with Crippen LogP contribution in [0.25, 0.3) is 22.4 Å². The lowest BCUT2D eigenvalue weighted by molar-refractivity contribution is 0.226. The summed E-state index contributed by atoms with van der Waals surface area (Å²) in [7, 11) is 1.86. The molecule has 2 aliphatic rings. The van der Waals surface area contributed by atoms with Gasteiger partial charge in [-0.15, -0.1) is 0 Å². The van der Waals surface area contributed by atoms with Crippen molar-refractivity contribution >= 4 is 34.3 Å². The topological polar surface area (TPSA) is 69.7 Å². The Bertz CT molecular complexity index is 997. The number of nitrogens with one attached hydrogen (secondary N) is 2. The second-order valence-corrected chi connectivity index (χ2v) is 8.49. The molecule has 5 rings (SSSR count). The molecular formula is C21H25ClN6. The number of aromatic nitrogens is 4. The molecule has 2 fully saturated rings. The van der Waals surface area contributed by atoms with Crippen LogP contribution in [-0.2, 0) is 0 Å². The van der Waals surface area contributed by atoms with Crippen LogP contribution in [-0.4, -0.2) is 40.3 Å². The molecule has 1 saturated heterocycles. The Hall–Kier alpha value is -2.34. The Morgan fingerprint density at radius 1 is 1.14 bits per heavy atom. The number of piperidine rings is 1. The van der Waals surface area contributed by atoms with E-state index in [1.165, 1.54) is 38.5 Å². The first kappa shape index (κ1) is 17.7. The van der Waals surface area contributed by atoms with Gasteiger partial charge >= 0.3 is 0 Å². The zero-order valence-corrected chi connectivity index (χ0v) is 16.9. The maximum atomic E-state index is 6.55. The summed E-state index contributed by atoms with van der Waals surface area (Å²) in [6, 6.07) is 5.88. The average Bonchev–Trinajstić information content (AvgIpc) is 3.36. The fraction of sp³-hybridized carbons (Fsp3) is 0.476. The van der Waals surface area contributed by atoms with Gasteiger partial charge in [0.1, 0.15) is 11.3 Å². The monoisotopic (exact) mass is 396 g/mol. The molecule has 1 aromatic carbocycles. The molecule has 1 aliphatic carbocycles. The average molecular weight is 397 g/mol. The van der Waals surface area contributed by atoms with E-state index in [1.54, 1.807) is 0 Å². The highest BCUT2D eigenvalue weighted by Gasteiger charge is 2.37. The summed E-state index contributed by atoms with van der Waals surface area (Å²) in [5, 5.41) is 11.3. The molecule has 3 heterocycles. The van der Waals surface area contributed by atoms with E-state index in [1.807, 2.05) is 31.4 Å². The van der Waals surface area contributed by atoms with Gasteiger partial charge in [-0.2, -0.15) is 5.10 Å². The van der Waals surface area contributed by atoms with E-state index < -0.39 is 0 Å². The van der Waals surface area contributed by atoms with Gasteiger partial charge in [0.25, 0.3) is 0 Å². The molecule has 2 aromatic heterocycles. The minimum absolute atomic E-state index is 0.600. The van der Waals surface area contributed by atoms with E-state index in [-0.39, 0.29) is 0 Å². The number of hydrogen-bond acceptors (Lipinski definition) is 5. The van der Waals surface area contributed by atoms with Gasteiger partial charge < -0.3 is 10.2 Å². The van der Waals surface area contributed by atoms with Crippen LogP contribution in [0.4, 0.5) is 11.5 Å². The highest BCUT2D eigenvalue weighted by Crippen LogP contribution is 2.46. The molecule has 0 bridgehead atoms. The second-order valence-electron chi connectivity index (χ2n) is 8.11. The van der Waals surface area contributed by atoms with E-state index >= 15 is 0 Å². The Kier molecular flexibility index (Phi) is 4.38. The van der Waals surface area contributed by atoms with Crippen molar-refractivity contribution in [2.45, 2.75) is 38.5 Å². The second kappa shape index (κ2) is 6.92. The Morgan fingerprint density at radius 2 is 1.93 bits per heavy atom. The lowest BCUT2D eigenvalue weighted by atomic mass is 9.77. The normalized spacial score (nSPS) is 18.9. The van der Waals surface area contributed by atoms with Crippen molar-refractivity contribution in [3.05, 3.63) is 29.4 Å². The summed E-state index contributed by atoms with van der Waals surface area (Å²) < 4.78 is 0. The zero-order valence-electron chi connectivity index (χ0n) is 16.1. The maximum absolute atomic E-state index is 6.55. The summed E-state index contributed by atoms with van der Waals surface area (Å²) in [5.41, 5.74) is 4.55. The molecule has 0 atom stereocenters. The predicted octanol–water partition coefficient (Wildman–Crippen LogP) is 4.88. The van der Waals surface area contributed by atoms with Crippen molar-refractivity contribution in [3.63, 3.8) is 0 Å². The lowest BCUT2D eigenvalue weighted by Crippen LogP contribution is -2.39. The summed E-state index contributed by atoms with van der Waals surface area (Å²) >= 11 is 6.55. The fourth-order valence-electron chi connectivity index (χ4n) is 4.88. The summed E-state index contributed by atoms with van der Waals surface area (Å²) in [4.78, 5) is 11.9. The van der Waals surface area contributed by atoms with Crippen molar-refractivity contribution in [2.24, 2.45) is 5.41 Å². The summed E-state index contributed by atoms with van der Waals surface area (Å²) in [6.45, 7) is 2.13. The highest BCUT2D eigenvalue weighted by molar-refractivity contribution is 6.36. The van der Waals surface area contributed by atoms with Crippen LogP contribution in [0, 0.1) is 5.41 Å². The van der Waals surface area contributed by atoms with Crippen molar-refractivity contribution in [1.82, 2.24) is 20.2 Å². The first-order valence-electron chi connectivity index (χ1n) is 10.1. The van der Waals surface area contributed by atoms with Gasteiger partial charge in [0, 0.05) is 25.7 Å². The molecule has 3 aromatic rings. The van der Waals surface area contributed by atoms with Crippen LogP contribution in [0.1, 0.15) is 38.5 Å². The van der Waals surface area contributed by atoms with Crippen molar-refractivity contribution in [1.29, 1.82) is 0 Å². The van der Waals surface area contributed by atoms with Gasteiger partial charge in [0.15, 0.2) is 0 Å². The summed E-state index contributed by atoms with van der Waals surface area (Å²) in [6.07, 6.45) is 10.0. The number of nitrogens with zero attached hydrogens (tertiary/aromatic N) is 4. The molecule has 0 unspecified atom stereocenters. The number of H-pyrrole nitrogens is 1. The van der Waals surface area contributed by atoms with E-state index in [4.69, 9.17) is 21.6 Å². The molecule has 1 aliphatic heterocycles. The Balaban J connectivity index is 1.43. The van der Waals surface area contributed by atoms with Gasteiger partial charge in [0.05, 0.1) is 22.6 Å². The molecule has 2 N–H and O–H groups in total. The van der Waals surface area contributed by atoms with Crippen LogP contribution in [0.2, 0.25) is 5.02 Å². The molecular weight excluding hydrogens is 372 g/mol. The van der Waals surface area contributed by atoms with Gasteiger partial charge in [0.2, 0.25) is 5.65 Å². The number of anilines is 2. The maximum Gasteiger partial charge on any atom is 0.202 e. The number of aromatic amines is 1. The van der Waals surface area contributed by atoms with E-state index in [0.717, 1.165) is 41.4 Å². The minimum Gasteiger partial charge on any atom is -0.387 e. The number of hydrogen-bond donors (Lipinski definition) is 2. The molecule has 0 radical (unpaired) electrons. The van der Waals surface area contributed by atoms with E-state index in [0.29, 0.717) is 16.1 Å². The van der Waals surface area contributed by atoms with Gasteiger partial charge in [-0.05, 0) is 37.2 Å². The molecule has 6 nitrogen and oxygen atoms in total. The minimum atomic E-state index is 0.600. The van der Waals surface area contributed by atoms with Crippen LogP contribution in [0.5, 0.6) is 0 Å². The van der Waals surface area contributed by atoms with Crippen molar-refractivity contribution in [2.75, 3.05) is 30.4 Å². The van der Waals surface area contributed by atoms with Crippen LogP contribution in [0.15, 0.2) is 24.4 Å². The van der Waals surface area contributed by atoms with Gasteiger partial charge in [-0.25, -0.2) is 9.97 Å². The van der Waals surface area contributed by atoms with Crippen LogP contribution < -0.4 is 10.2 Å². The standard InChI is InChI=1S/C21H25ClN6/c1-23-15-6-4-5-14(17(15)22)18-19-20(27-26-18)25-16(13-24-19)28-11-9-21(10-12-28)7-2-3-8-21/h4-6,13,23H,2-3,7-12H2,1H3,(H,25,26,27). The largest absolute Gasteiger partial charge is 0.387 e. The highest BCUT2D eigenvalue weighted by atomic mass is 35.5. The smallest absolute Gasteiger partial charge is 0.202 e. The number of benzene rings is 1. The fourth-order valence-corrected chi connectivity index (χ4v) is 5.19. The first-order valence-corrected chi connectivity index (χ1v) is 10.5. The number of rotatable bonds is 3. The van der Waals surface area contributed by atoms with Crippen LogP contribution >= 0.6 is 11.6 Å². The van der Waals surface area contributed by atoms with E-state index in [9.17, 15) is 0 Å². The molecule has 28 heavy (non-hydrogen) atoms. The third kappa shape index (κ3) is 2.91. The van der Waals surface area contributed by atoms with Gasteiger partial charge in [-0.1, -0.05) is 36.6 Å². The molecule has 1 spiro atoms. The lowest BCUT2D eigenvalue weighted by Gasteiger charge is -2.39. The van der Waals surface area contributed by atoms with E-state index in [2.05, 4.69) is 20.4 Å². The SMILES string of the molecule is CNc1cccc(-c2[nH]nc3nc(N4CCC5(CCCC5)CC4)cnc23)c1Cl. The van der Waals surface area contributed by atoms with Crippen molar-refractivity contribution in [3.8, 4) is 11.3 Å². The van der Waals surface area contributed by atoms with Crippen molar-refractivity contribution < 1.29 is 0 Å². The van der Waals surface area contributed by atoms with Crippen LogP contribution in [0.3, 0.4) is 0 Å². The molecule has 146 valence electrons. The summed E-state index contributed by atoms with van der Waals surface area (Å²) in [5.74, 6) is 0.925. The molecule has 7 heteroatoms. The number of halogens is 1. The molecule has 0 amide bonds. The third-order valence-corrected chi connectivity index (χ3v) is 7.01. The quantitative estimate of drug-likeness (QED) is 0.660. The Labute approximate surface area is 169 Å².